The lowest BCUT2D eigenvalue weighted by molar-refractivity contribution is -0.135. The Balaban J connectivity index is 1.50. The summed E-state index contributed by atoms with van der Waals surface area (Å²) < 4.78 is 18.5. The van der Waals surface area contributed by atoms with Crippen LogP contribution in [0.15, 0.2) is 36.5 Å². The highest BCUT2D eigenvalue weighted by Gasteiger charge is 2.24. The first-order valence-electron chi connectivity index (χ1n) is 7.85. The van der Waals surface area contributed by atoms with Gasteiger partial charge in [-0.2, -0.15) is 5.10 Å². The molecule has 2 heterocycles. The molecule has 23 heavy (non-hydrogen) atoms. The van der Waals surface area contributed by atoms with Gasteiger partial charge in [0.05, 0.1) is 0 Å². The number of benzene rings is 1. The average Bonchev–Trinajstić information content (AvgIpc) is 3.06. The van der Waals surface area contributed by atoms with Gasteiger partial charge in [-0.15, -0.1) is 0 Å². The minimum Gasteiger partial charge on any atom is -0.484 e. The lowest BCUT2D eigenvalue weighted by atomic mass is 9.93. The monoisotopic (exact) mass is 317 g/mol. The molecule has 1 aliphatic heterocycles. The summed E-state index contributed by atoms with van der Waals surface area (Å²) in [5.41, 5.74) is 1.10. The molecule has 0 spiro atoms. The van der Waals surface area contributed by atoms with E-state index in [0.29, 0.717) is 11.7 Å². The number of nitrogens with one attached hydrogen (secondary N) is 1. The van der Waals surface area contributed by atoms with Crippen molar-refractivity contribution in [3.63, 3.8) is 0 Å². The number of nitrogens with zero attached hydrogens (tertiary/aromatic N) is 2. The summed E-state index contributed by atoms with van der Waals surface area (Å²) >= 11 is 0. The number of hydrogen-bond donors (Lipinski definition) is 1. The molecule has 1 N–H and O–H groups in total. The van der Waals surface area contributed by atoms with Crippen LogP contribution in [0.3, 0.4) is 0 Å². The molecular formula is C17H20FN3O2. The Morgan fingerprint density at radius 2 is 2.35 bits per heavy atom. The van der Waals surface area contributed by atoms with E-state index < -0.39 is 0 Å². The number of hydrogen-bond acceptors (Lipinski definition) is 3. The predicted octanol–water partition coefficient (Wildman–Crippen LogP) is 2.41. The maximum atomic E-state index is 13.1. The maximum Gasteiger partial charge on any atom is 0.260 e. The van der Waals surface area contributed by atoms with Crippen molar-refractivity contribution < 1.29 is 13.9 Å². The number of rotatable bonds is 5. The van der Waals surface area contributed by atoms with Crippen LogP contribution in [-0.4, -0.2) is 40.7 Å². The molecule has 0 bridgehead atoms. The van der Waals surface area contributed by atoms with Gasteiger partial charge in [0.1, 0.15) is 11.6 Å². The Bertz CT molecular complexity index is 645. The van der Waals surface area contributed by atoms with Crippen molar-refractivity contribution in [3.05, 3.63) is 48.0 Å². The Labute approximate surface area is 134 Å². The van der Waals surface area contributed by atoms with Crippen LogP contribution in [0.25, 0.3) is 0 Å². The van der Waals surface area contributed by atoms with Gasteiger partial charge >= 0.3 is 0 Å². The number of amides is 1. The van der Waals surface area contributed by atoms with Gasteiger partial charge in [-0.3, -0.25) is 9.89 Å². The van der Waals surface area contributed by atoms with E-state index in [1.165, 1.54) is 12.1 Å². The van der Waals surface area contributed by atoms with Crippen LogP contribution in [-0.2, 0) is 11.2 Å². The van der Waals surface area contributed by atoms with E-state index in [9.17, 15) is 9.18 Å². The van der Waals surface area contributed by atoms with Gasteiger partial charge in [0.2, 0.25) is 0 Å². The lowest BCUT2D eigenvalue weighted by Crippen LogP contribution is -2.42. The van der Waals surface area contributed by atoms with Gasteiger partial charge in [0.15, 0.2) is 6.61 Å². The molecule has 0 unspecified atom stereocenters. The molecule has 1 atom stereocenters. The molecule has 6 heteroatoms. The van der Waals surface area contributed by atoms with E-state index >= 15 is 0 Å². The van der Waals surface area contributed by atoms with Crippen molar-refractivity contribution in [1.82, 2.24) is 15.1 Å². The van der Waals surface area contributed by atoms with E-state index in [1.54, 1.807) is 18.3 Å². The number of aromatic amines is 1. The molecule has 1 amide bonds. The quantitative estimate of drug-likeness (QED) is 0.921. The first-order valence-corrected chi connectivity index (χ1v) is 7.85. The number of halogens is 1. The zero-order valence-electron chi connectivity index (χ0n) is 12.9. The van der Waals surface area contributed by atoms with Gasteiger partial charge < -0.3 is 9.64 Å². The maximum absolute atomic E-state index is 13.1. The van der Waals surface area contributed by atoms with Gasteiger partial charge in [0.25, 0.3) is 5.91 Å². The number of piperidine rings is 1. The highest BCUT2D eigenvalue weighted by atomic mass is 19.1. The van der Waals surface area contributed by atoms with E-state index in [0.717, 1.165) is 38.0 Å². The molecule has 122 valence electrons. The average molecular weight is 317 g/mol. The van der Waals surface area contributed by atoms with Crippen LogP contribution in [0, 0.1) is 11.7 Å². The third-order valence-electron chi connectivity index (χ3n) is 4.10. The van der Waals surface area contributed by atoms with Gasteiger partial charge in [-0.25, -0.2) is 4.39 Å². The number of carbonyl (C=O) groups excluding carboxylic acids is 1. The van der Waals surface area contributed by atoms with Crippen molar-refractivity contribution >= 4 is 5.91 Å². The standard InChI is InChI=1S/C17H20FN3O2/c18-14-4-1-5-16(10-14)23-12-17(22)21-8-2-3-13(11-21)9-15-6-7-19-20-15/h1,4-7,10,13H,2-3,8-9,11-12H2,(H,19,20)/t13-/m0/s1. The molecular weight excluding hydrogens is 297 g/mol. The molecule has 1 aliphatic rings. The van der Waals surface area contributed by atoms with E-state index in [1.807, 2.05) is 11.0 Å². The van der Waals surface area contributed by atoms with Crippen LogP contribution in [0.2, 0.25) is 0 Å². The Morgan fingerprint density at radius 3 is 3.13 bits per heavy atom. The third-order valence-corrected chi connectivity index (χ3v) is 4.10. The van der Waals surface area contributed by atoms with Crippen molar-refractivity contribution in [2.24, 2.45) is 5.92 Å². The molecule has 5 nitrogen and oxygen atoms in total. The molecule has 1 saturated heterocycles. The molecule has 1 aromatic heterocycles. The summed E-state index contributed by atoms with van der Waals surface area (Å²) in [6.45, 7) is 1.43. The summed E-state index contributed by atoms with van der Waals surface area (Å²) in [6, 6.07) is 7.81. The number of aromatic nitrogens is 2. The second-order valence-corrected chi connectivity index (χ2v) is 5.88. The van der Waals surface area contributed by atoms with Crippen LogP contribution in [0.4, 0.5) is 4.39 Å². The predicted molar refractivity (Wildman–Crippen MR) is 83.5 cm³/mol. The normalized spacial score (nSPS) is 18.0. The Morgan fingerprint density at radius 1 is 1.43 bits per heavy atom. The third kappa shape index (κ3) is 4.31. The molecule has 3 rings (SSSR count). The fourth-order valence-corrected chi connectivity index (χ4v) is 2.96. The van der Waals surface area contributed by atoms with E-state index in [-0.39, 0.29) is 18.3 Å². The van der Waals surface area contributed by atoms with Crippen LogP contribution in [0.1, 0.15) is 18.5 Å². The summed E-state index contributed by atoms with van der Waals surface area (Å²) in [5.74, 6) is 0.391. The number of ether oxygens (including phenoxy) is 1. The van der Waals surface area contributed by atoms with Crippen LogP contribution >= 0.6 is 0 Å². The molecule has 2 aromatic rings. The lowest BCUT2D eigenvalue weighted by Gasteiger charge is -2.32. The van der Waals surface area contributed by atoms with Gasteiger partial charge in [-0.05, 0) is 43.4 Å². The SMILES string of the molecule is O=C(COc1cccc(F)c1)N1CCC[C@@H](Cc2ccn[nH]2)C1. The first kappa shape index (κ1) is 15.5. The van der Waals surface area contributed by atoms with E-state index in [2.05, 4.69) is 10.2 Å². The van der Waals surface area contributed by atoms with Crippen molar-refractivity contribution in [2.45, 2.75) is 19.3 Å². The molecule has 0 radical (unpaired) electrons. The zero-order chi connectivity index (χ0) is 16.1. The topological polar surface area (TPSA) is 58.2 Å². The molecule has 1 fully saturated rings. The smallest absolute Gasteiger partial charge is 0.260 e. The Hall–Kier alpha value is -2.37. The highest BCUT2D eigenvalue weighted by molar-refractivity contribution is 5.77. The minimum absolute atomic E-state index is 0.0522. The van der Waals surface area contributed by atoms with Gasteiger partial charge in [0, 0.05) is 31.0 Å². The first-order chi connectivity index (χ1) is 11.2. The van der Waals surface area contributed by atoms with Crippen LogP contribution < -0.4 is 4.74 Å². The fraction of sp³-hybridized carbons (Fsp3) is 0.412. The van der Waals surface area contributed by atoms with Crippen molar-refractivity contribution in [2.75, 3.05) is 19.7 Å². The second-order valence-electron chi connectivity index (χ2n) is 5.88. The summed E-state index contributed by atoms with van der Waals surface area (Å²) in [4.78, 5) is 14.1. The molecule has 0 saturated carbocycles. The minimum atomic E-state index is -0.368. The van der Waals surface area contributed by atoms with Crippen LogP contribution in [0.5, 0.6) is 5.75 Å². The largest absolute Gasteiger partial charge is 0.484 e. The zero-order valence-corrected chi connectivity index (χ0v) is 12.9. The second kappa shape index (κ2) is 7.26. The van der Waals surface area contributed by atoms with Gasteiger partial charge in [-0.1, -0.05) is 6.07 Å². The molecule has 1 aromatic carbocycles. The number of H-pyrrole nitrogens is 1. The number of likely N-dealkylation sites (tertiary alicyclic amines) is 1. The summed E-state index contributed by atoms with van der Waals surface area (Å²) in [5, 5.41) is 6.92. The molecule has 0 aliphatic carbocycles. The highest BCUT2D eigenvalue weighted by Crippen LogP contribution is 2.20. The Kier molecular flexibility index (Phi) is 4.90. The van der Waals surface area contributed by atoms with E-state index in [4.69, 9.17) is 4.74 Å². The number of carbonyl (C=O) groups is 1. The van der Waals surface area contributed by atoms with Crippen molar-refractivity contribution in [3.8, 4) is 5.75 Å². The summed E-state index contributed by atoms with van der Waals surface area (Å²) in [6.07, 6.45) is 4.74. The van der Waals surface area contributed by atoms with Crippen molar-refractivity contribution in [1.29, 1.82) is 0 Å². The summed E-state index contributed by atoms with van der Waals surface area (Å²) in [7, 11) is 0. The fourth-order valence-electron chi connectivity index (χ4n) is 2.96.